The number of ether oxygens (including phenoxy) is 1. The fraction of sp³-hybridized carbons (Fsp3) is 0.607. The molecule has 1 N–H and O–H groups in total. The Morgan fingerprint density at radius 3 is 2.36 bits per heavy atom. The summed E-state index contributed by atoms with van der Waals surface area (Å²) in [5.41, 5.74) is 1.08. The number of morpholine rings is 1. The summed E-state index contributed by atoms with van der Waals surface area (Å²) in [6, 6.07) is 9.40. The van der Waals surface area contributed by atoms with Crippen LogP contribution in [0.3, 0.4) is 0 Å². The van der Waals surface area contributed by atoms with Crippen LogP contribution in [0.2, 0.25) is 0 Å². The highest BCUT2D eigenvalue weighted by Crippen LogP contribution is 2.31. The Kier molecular flexibility index (Phi) is 7.87. The van der Waals surface area contributed by atoms with Gasteiger partial charge < -0.3 is 19.9 Å². The number of anilines is 2. The fourth-order valence-corrected chi connectivity index (χ4v) is 6.16. The van der Waals surface area contributed by atoms with E-state index in [0.29, 0.717) is 86.3 Å². The van der Waals surface area contributed by atoms with E-state index in [0.717, 1.165) is 38.8 Å². The quantitative estimate of drug-likeness (QED) is 0.450. The van der Waals surface area contributed by atoms with Crippen LogP contribution in [0.4, 0.5) is 24.9 Å². The Morgan fingerprint density at radius 2 is 1.62 bits per heavy atom. The molecule has 6 rings (SSSR count). The first kappa shape index (κ1) is 26.3. The van der Waals surface area contributed by atoms with Crippen molar-refractivity contribution in [1.82, 2.24) is 24.4 Å². The largest absolute Gasteiger partial charge is 0.378 e. The number of para-hydroxylation sites is 2. The first-order valence-electron chi connectivity index (χ1n) is 14.1. The minimum atomic E-state index is -2.75. The first-order chi connectivity index (χ1) is 19.0. The van der Waals surface area contributed by atoms with Gasteiger partial charge in [-0.2, -0.15) is 9.97 Å². The van der Waals surface area contributed by atoms with Gasteiger partial charge in [-0.3, -0.25) is 4.57 Å². The zero-order valence-corrected chi connectivity index (χ0v) is 22.1. The molecule has 4 heterocycles. The number of nitrogens with one attached hydrogen (secondary N) is 1. The molecule has 1 saturated carbocycles. The third-order valence-corrected chi connectivity index (χ3v) is 8.39. The number of hydrogen-bond acceptors (Lipinski definition) is 7. The number of rotatable bonds is 7. The number of imidazole rings is 1. The second-order valence-electron chi connectivity index (χ2n) is 10.9. The highest BCUT2D eigenvalue weighted by atomic mass is 19.3. The molecule has 0 radical (unpaired) electrons. The number of aromatic nitrogens is 4. The number of nitrogens with zero attached hydrogens (tertiary/aromatic N) is 6. The van der Waals surface area contributed by atoms with E-state index in [-0.39, 0.29) is 5.82 Å². The molecule has 0 bridgehead atoms. The van der Waals surface area contributed by atoms with Gasteiger partial charge in [0.1, 0.15) is 17.8 Å². The molecule has 11 heteroatoms. The number of halogens is 3. The lowest BCUT2D eigenvalue weighted by Crippen LogP contribution is -2.44. The normalized spacial score (nSPS) is 23.5. The maximum absolute atomic E-state index is 14.1. The lowest BCUT2D eigenvalue weighted by atomic mass is 9.89. The monoisotopic (exact) mass is 543 g/mol. The summed E-state index contributed by atoms with van der Waals surface area (Å²) in [5.74, 6) is 1.61. The highest BCUT2D eigenvalue weighted by molar-refractivity contribution is 5.78. The van der Waals surface area contributed by atoms with Crippen molar-refractivity contribution in [2.75, 3.05) is 56.2 Å². The van der Waals surface area contributed by atoms with Crippen LogP contribution in [-0.2, 0) is 4.74 Å². The van der Waals surface area contributed by atoms with E-state index in [1.165, 1.54) is 4.57 Å². The molecule has 0 spiro atoms. The molecule has 39 heavy (non-hydrogen) atoms. The van der Waals surface area contributed by atoms with Gasteiger partial charge in [-0.15, -0.1) is 0 Å². The first-order valence-corrected chi connectivity index (χ1v) is 14.1. The lowest BCUT2D eigenvalue weighted by molar-refractivity contribution is 0.0877. The van der Waals surface area contributed by atoms with E-state index in [9.17, 15) is 13.2 Å². The van der Waals surface area contributed by atoms with Crippen LogP contribution in [0, 0.1) is 5.92 Å². The molecule has 1 aliphatic carbocycles. The van der Waals surface area contributed by atoms with Crippen LogP contribution >= 0.6 is 0 Å². The van der Waals surface area contributed by atoms with Crippen molar-refractivity contribution in [3.8, 4) is 5.82 Å². The molecular formula is C28H36F3N7O. The second kappa shape index (κ2) is 11.7. The third kappa shape index (κ3) is 5.84. The summed E-state index contributed by atoms with van der Waals surface area (Å²) in [6.45, 7) is 5.27. The average molecular weight is 544 g/mol. The van der Waals surface area contributed by atoms with Crippen LogP contribution in [0.1, 0.15) is 50.8 Å². The maximum atomic E-state index is 14.1. The van der Waals surface area contributed by atoms with Crippen LogP contribution in [-0.4, -0.2) is 82.6 Å². The van der Waals surface area contributed by atoms with Crippen LogP contribution in [0.5, 0.6) is 0 Å². The Balaban J connectivity index is 1.21. The number of fused-ring (bicyclic) bond motifs is 1. The molecule has 210 valence electrons. The molecule has 2 saturated heterocycles. The predicted molar refractivity (Wildman–Crippen MR) is 145 cm³/mol. The topological polar surface area (TPSA) is 71.3 Å². The molecule has 0 amide bonds. The van der Waals surface area contributed by atoms with E-state index in [1.54, 1.807) is 24.3 Å². The maximum Gasteiger partial charge on any atom is 0.296 e. The third-order valence-electron chi connectivity index (χ3n) is 8.39. The summed E-state index contributed by atoms with van der Waals surface area (Å²) in [6.07, 6.45) is 2.02. The Labute approximate surface area is 226 Å². The lowest BCUT2D eigenvalue weighted by Gasteiger charge is -2.39. The molecule has 3 aliphatic rings. The Morgan fingerprint density at radius 1 is 0.897 bits per heavy atom. The van der Waals surface area contributed by atoms with Crippen molar-refractivity contribution in [3.63, 3.8) is 0 Å². The summed E-state index contributed by atoms with van der Waals surface area (Å²) in [7, 11) is 0. The summed E-state index contributed by atoms with van der Waals surface area (Å²) >= 11 is 0. The van der Waals surface area contributed by atoms with Gasteiger partial charge in [0, 0.05) is 31.7 Å². The standard InChI is InChI=1S/C28H36F3N7O/c29-20-5-7-21(8-6-20)36-11-9-19(10-12-36)18-32-28-34-24(37-13-15-39-16-14-37)17-25(35-28)38-23-4-2-1-3-22(23)33-27(38)26(30)31/h1-4,17,19-21,26H,5-16,18H2,(H,32,34,35)/t20-,21-. The van der Waals surface area contributed by atoms with E-state index >= 15 is 0 Å². The highest BCUT2D eigenvalue weighted by Gasteiger charge is 2.29. The molecule has 3 aromatic rings. The van der Waals surface area contributed by atoms with Gasteiger partial charge in [-0.1, -0.05) is 12.1 Å². The predicted octanol–water partition coefficient (Wildman–Crippen LogP) is 4.99. The molecule has 2 aliphatic heterocycles. The van der Waals surface area contributed by atoms with Crippen LogP contribution < -0.4 is 10.2 Å². The summed E-state index contributed by atoms with van der Waals surface area (Å²) in [4.78, 5) is 18.3. The molecule has 0 atom stereocenters. The number of piperidine rings is 1. The molecular weight excluding hydrogens is 507 g/mol. The van der Waals surface area contributed by atoms with Crippen molar-refractivity contribution in [2.45, 2.75) is 57.2 Å². The average Bonchev–Trinajstić information content (AvgIpc) is 3.37. The molecule has 3 fully saturated rings. The van der Waals surface area contributed by atoms with E-state index < -0.39 is 12.6 Å². The van der Waals surface area contributed by atoms with Crippen LogP contribution in [0.15, 0.2) is 30.3 Å². The number of benzene rings is 1. The van der Waals surface area contributed by atoms with Gasteiger partial charge in [0.25, 0.3) is 6.43 Å². The number of hydrogen-bond donors (Lipinski definition) is 1. The minimum Gasteiger partial charge on any atom is -0.378 e. The van der Waals surface area contributed by atoms with E-state index in [1.807, 2.05) is 6.07 Å². The molecule has 1 aromatic carbocycles. The van der Waals surface area contributed by atoms with Crippen molar-refractivity contribution < 1.29 is 17.9 Å². The van der Waals surface area contributed by atoms with Gasteiger partial charge in [0.15, 0.2) is 5.82 Å². The SMILES string of the molecule is FC(F)c1nc2ccccc2n1-c1cc(N2CCOCC2)nc(NCC2CCN([C@H]3CC[C@H](F)CC3)CC2)n1. The van der Waals surface area contributed by atoms with Crippen LogP contribution in [0.25, 0.3) is 16.9 Å². The smallest absolute Gasteiger partial charge is 0.296 e. The fourth-order valence-electron chi connectivity index (χ4n) is 6.16. The summed E-state index contributed by atoms with van der Waals surface area (Å²) < 4.78 is 48.7. The second-order valence-corrected chi connectivity index (χ2v) is 10.9. The zero-order chi connectivity index (χ0) is 26.8. The van der Waals surface area contributed by atoms with Gasteiger partial charge in [-0.05, 0) is 69.7 Å². The Bertz CT molecular complexity index is 1250. The minimum absolute atomic E-state index is 0.331. The molecule has 2 aromatic heterocycles. The number of likely N-dealkylation sites (tertiary alicyclic amines) is 1. The van der Waals surface area contributed by atoms with Gasteiger partial charge in [-0.25, -0.2) is 18.2 Å². The molecule has 8 nitrogen and oxygen atoms in total. The van der Waals surface area contributed by atoms with E-state index in [2.05, 4.69) is 20.1 Å². The van der Waals surface area contributed by atoms with E-state index in [4.69, 9.17) is 14.7 Å². The van der Waals surface area contributed by atoms with Crippen molar-refractivity contribution >= 4 is 22.8 Å². The van der Waals surface area contributed by atoms with Gasteiger partial charge in [0.05, 0.1) is 24.2 Å². The molecule has 0 unspecified atom stereocenters. The summed E-state index contributed by atoms with van der Waals surface area (Å²) in [5, 5.41) is 3.42. The van der Waals surface area contributed by atoms with Crippen molar-refractivity contribution in [2.24, 2.45) is 5.92 Å². The zero-order valence-electron chi connectivity index (χ0n) is 22.1. The Hall–Kier alpha value is -2.92. The van der Waals surface area contributed by atoms with Crippen molar-refractivity contribution in [1.29, 1.82) is 0 Å². The van der Waals surface area contributed by atoms with Gasteiger partial charge >= 0.3 is 0 Å². The number of alkyl halides is 3. The van der Waals surface area contributed by atoms with Gasteiger partial charge in [0.2, 0.25) is 5.95 Å². The van der Waals surface area contributed by atoms with Crippen molar-refractivity contribution in [3.05, 3.63) is 36.2 Å².